The lowest BCUT2D eigenvalue weighted by atomic mass is 10.3. The predicted molar refractivity (Wildman–Crippen MR) is 45.4 cm³/mol. The molecule has 0 saturated heterocycles. The van der Waals surface area contributed by atoms with Gasteiger partial charge in [-0.05, 0) is 6.07 Å². The average Bonchev–Trinajstić information content (AvgIpc) is 1.88. The maximum Gasteiger partial charge on any atom is 0.287 e. The van der Waals surface area contributed by atoms with Crippen LogP contribution in [0.15, 0.2) is 24.3 Å². The van der Waals surface area contributed by atoms with E-state index in [0.29, 0.717) is 0 Å². The van der Waals surface area contributed by atoms with Gasteiger partial charge in [-0.2, -0.15) is 0 Å². The van der Waals surface area contributed by atoms with Crippen LogP contribution < -0.4 is 0 Å². The van der Waals surface area contributed by atoms with E-state index in [-0.39, 0.29) is 23.1 Å². The lowest BCUT2D eigenvalue weighted by Gasteiger charge is -1.90. The summed E-state index contributed by atoms with van der Waals surface area (Å²) in [6.45, 7) is 0. The van der Waals surface area contributed by atoms with Gasteiger partial charge in [0.15, 0.2) is 0 Å². The summed E-state index contributed by atoms with van der Waals surface area (Å²) in [6, 6.07) is 6.07. The van der Waals surface area contributed by atoms with E-state index >= 15 is 0 Å². The summed E-state index contributed by atoms with van der Waals surface area (Å²) in [7, 11) is 0. The second-order valence-corrected chi connectivity index (χ2v) is 2.12. The zero-order valence-corrected chi connectivity index (χ0v) is 6.93. The Bertz CT molecular complexity index is 265. The number of halogens is 2. The zero-order valence-electron chi connectivity index (χ0n) is 5.36. The first-order valence-corrected chi connectivity index (χ1v) is 2.98. The van der Waals surface area contributed by atoms with E-state index in [2.05, 4.69) is 0 Å². The molecule has 0 aliphatic rings. The van der Waals surface area contributed by atoms with Gasteiger partial charge in [-0.3, -0.25) is 10.1 Å². The number of benzene rings is 1. The van der Waals surface area contributed by atoms with Crippen LogP contribution in [0, 0.1) is 10.1 Å². The molecule has 0 N–H and O–H groups in total. The molecule has 1 rings (SSSR count). The second-order valence-electron chi connectivity index (χ2n) is 1.71. The third kappa shape index (κ3) is 2.37. The van der Waals surface area contributed by atoms with Gasteiger partial charge in [-0.1, -0.05) is 23.7 Å². The van der Waals surface area contributed by atoms with Crippen molar-refractivity contribution in [3.8, 4) is 0 Å². The third-order valence-corrected chi connectivity index (χ3v) is 1.37. The fourth-order valence-corrected chi connectivity index (χ4v) is 0.805. The van der Waals surface area contributed by atoms with Crippen molar-refractivity contribution in [1.29, 1.82) is 0 Å². The first kappa shape index (κ1) is 10.2. The lowest BCUT2D eigenvalue weighted by Crippen LogP contribution is -1.87. The van der Waals surface area contributed by atoms with Crippen molar-refractivity contribution < 1.29 is 4.92 Å². The van der Waals surface area contributed by atoms with E-state index in [1.807, 2.05) is 0 Å². The van der Waals surface area contributed by atoms with Crippen LogP contribution in [0.3, 0.4) is 0 Å². The highest BCUT2D eigenvalue weighted by atomic mass is 35.5. The van der Waals surface area contributed by atoms with E-state index < -0.39 is 4.92 Å². The molecule has 0 aliphatic heterocycles. The predicted octanol–water partition coefficient (Wildman–Crippen LogP) is 2.67. The quantitative estimate of drug-likeness (QED) is 0.509. The number of para-hydroxylation sites is 1. The molecular formula is C6H5Cl2NO2. The van der Waals surface area contributed by atoms with E-state index in [9.17, 15) is 10.1 Å². The third-order valence-electron chi connectivity index (χ3n) is 1.05. The summed E-state index contributed by atoms with van der Waals surface area (Å²) in [5.41, 5.74) is -0.0517. The molecule has 11 heavy (non-hydrogen) atoms. The smallest absolute Gasteiger partial charge is 0.258 e. The summed E-state index contributed by atoms with van der Waals surface area (Å²) >= 11 is 5.48. The van der Waals surface area contributed by atoms with Gasteiger partial charge in [0.05, 0.1) is 4.92 Å². The molecule has 5 heteroatoms. The van der Waals surface area contributed by atoms with Gasteiger partial charge in [-0.15, -0.1) is 12.4 Å². The molecule has 0 spiro atoms. The Labute approximate surface area is 74.5 Å². The van der Waals surface area contributed by atoms with E-state index in [1.165, 1.54) is 12.1 Å². The first-order valence-electron chi connectivity index (χ1n) is 2.61. The minimum absolute atomic E-state index is 0. The summed E-state index contributed by atoms with van der Waals surface area (Å²) in [5.74, 6) is 0. The Kier molecular flexibility index (Phi) is 3.85. The van der Waals surface area contributed by atoms with Crippen LogP contribution in [-0.2, 0) is 0 Å². The molecule has 3 nitrogen and oxygen atoms in total. The molecule has 0 fully saturated rings. The van der Waals surface area contributed by atoms with Crippen molar-refractivity contribution in [2.75, 3.05) is 0 Å². The van der Waals surface area contributed by atoms with Crippen molar-refractivity contribution in [1.82, 2.24) is 0 Å². The average molecular weight is 194 g/mol. The highest BCUT2D eigenvalue weighted by Gasteiger charge is 2.08. The normalized spacial score (nSPS) is 8.45. The number of nitro groups is 1. The van der Waals surface area contributed by atoms with Gasteiger partial charge in [-0.25, -0.2) is 0 Å². The molecule has 0 aromatic heterocycles. The number of hydrogen-bond donors (Lipinski definition) is 0. The summed E-state index contributed by atoms with van der Waals surface area (Å²) in [4.78, 5) is 9.63. The van der Waals surface area contributed by atoms with Crippen LogP contribution in [0.1, 0.15) is 0 Å². The van der Waals surface area contributed by atoms with Crippen molar-refractivity contribution in [3.63, 3.8) is 0 Å². The first-order chi connectivity index (χ1) is 4.72. The summed E-state index contributed by atoms with van der Waals surface area (Å²) in [5, 5.41) is 10.3. The Hall–Kier alpha value is -0.800. The minimum atomic E-state index is -0.512. The molecule has 0 atom stereocenters. The highest BCUT2D eigenvalue weighted by molar-refractivity contribution is 6.32. The SMILES string of the molecule is Cl.O=[N+]([O-])c1ccccc1Cl. The minimum Gasteiger partial charge on any atom is -0.258 e. The number of nitrogens with zero attached hydrogens (tertiary/aromatic N) is 1. The van der Waals surface area contributed by atoms with Gasteiger partial charge >= 0.3 is 0 Å². The Balaban J connectivity index is 0.000001000. The van der Waals surface area contributed by atoms with Crippen LogP contribution in [0.5, 0.6) is 0 Å². The molecule has 0 bridgehead atoms. The molecule has 0 aliphatic carbocycles. The van der Waals surface area contributed by atoms with Crippen molar-refractivity contribution in [2.24, 2.45) is 0 Å². The highest BCUT2D eigenvalue weighted by Crippen LogP contribution is 2.21. The zero-order chi connectivity index (χ0) is 7.56. The molecule has 0 amide bonds. The molecule has 1 aromatic carbocycles. The van der Waals surface area contributed by atoms with E-state index in [1.54, 1.807) is 12.1 Å². The monoisotopic (exact) mass is 193 g/mol. The topological polar surface area (TPSA) is 43.1 Å². The molecule has 1 aromatic rings. The van der Waals surface area contributed by atoms with Crippen LogP contribution in [0.4, 0.5) is 5.69 Å². The van der Waals surface area contributed by atoms with E-state index in [4.69, 9.17) is 11.6 Å². The van der Waals surface area contributed by atoms with Crippen molar-refractivity contribution in [3.05, 3.63) is 39.4 Å². The van der Waals surface area contributed by atoms with Crippen LogP contribution in [0.25, 0.3) is 0 Å². The fourth-order valence-electron chi connectivity index (χ4n) is 0.600. The van der Waals surface area contributed by atoms with Gasteiger partial charge in [0.25, 0.3) is 5.69 Å². The van der Waals surface area contributed by atoms with Crippen molar-refractivity contribution >= 4 is 29.7 Å². The van der Waals surface area contributed by atoms with Crippen LogP contribution in [0.2, 0.25) is 5.02 Å². The fraction of sp³-hybridized carbons (Fsp3) is 0. The van der Waals surface area contributed by atoms with Crippen LogP contribution >= 0.6 is 24.0 Å². The maximum atomic E-state index is 10.1. The second kappa shape index (κ2) is 4.16. The maximum absolute atomic E-state index is 10.1. The number of nitro benzene ring substituents is 1. The van der Waals surface area contributed by atoms with Gasteiger partial charge in [0.1, 0.15) is 5.02 Å². The number of rotatable bonds is 1. The molecular weight excluding hydrogens is 189 g/mol. The Morgan fingerprint density at radius 2 is 1.91 bits per heavy atom. The molecule has 0 unspecified atom stereocenters. The van der Waals surface area contributed by atoms with E-state index in [0.717, 1.165) is 0 Å². The molecule has 0 saturated carbocycles. The standard InChI is InChI=1S/C6H4ClNO2.ClH/c7-5-3-1-2-4-6(5)8(9)10;/h1-4H;1H. The van der Waals surface area contributed by atoms with Crippen molar-refractivity contribution in [2.45, 2.75) is 0 Å². The van der Waals surface area contributed by atoms with Gasteiger partial charge in [0.2, 0.25) is 0 Å². The largest absolute Gasteiger partial charge is 0.287 e. The Morgan fingerprint density at radius 1 is 1.36 bits per heavy atom. The molecule has 0 radical (unpaired) electrons. The molecule has 60 valence electrons. The van der Waals surface area contributed by atoms with Crippen LogP contribution in [-0.4, -0.2) is 4.92 Å². The molecule has 0 heterocycles. The number of hydrogen-bond acceptors (Lipinski definition) is 2. The summed E-state index contributed by atoms with van der Waals surface area (Å²) < 4.78 is 0. The van der Waals surface area contributed by atoms with Gasteiger partial charge < -0.3 is 0 Å². The lowest BCUT2D eigenvalue weighted by molar-refractivity contribution is -0.384. The Morgan fingerprint density at radius 3 is 2.27 bits per heavy atom. The summed E-state index contributed by atoms with van der Waals surface area (Å²) in [6.07, 6.45) is 0. The van der Waals surface area contributed by atoms with Gasteiger partial charge in [0, 0.05) is 6.07 Å².